The zero-order valence-electron chi connectivity index (χ0n) is 17.5. The molecule has 0 aliphatic carbocycles. The molecule has 0 radical (unpaired) electrons. The average molecular weight is 443 g/mol. The van der Waals surface area contributed by atoms with Gasteiger partial charge in [0.1, 0.15) is 6.04 Å². The summed E-state index contributed by atoms with van der Waals surface area (Å²) in [5.41, 5.74) is 7.64. The largest absolute Gasteiger partial charge is 0.368 e. The Morgan fingerprint density at radius 2 is 1.74 bits per heavy atom. The van der Waals surface area contributed by atoms with Crippen molar-refractivity contribution in [2.45, 2.75) is 32.5 Å². The molecule has 2 aromatic carbocycles. The quantitative estimate of drug-likeness (QED) is 0.513. The summed E-state index contributed by atoms with van der Waals surface area (Å²) in [5.74, 6) is -1.15. The number of hydrogen-bond donors (Lipinski definition) is 2. The number of nitrogens with two attached hydrogens (primary N) is 1. The Kier molecular flexibility index (Phi) is 8.95. The molecule has 0 spiro atoms. The second-order valence-corrected chi connectivity index (χ2v) is 8.80. The van der Waals surface area contributed by atoms with E-state index in [9.17, 15) is 14.2 Å². The smallest absolute Gasteiger partial charge is 0.335 e. The summed E-state index contributed by atoms with van der Waals surface area (Å²) in [6.07, 6.45) is 0.260. The van der Waals surface area contributed by atoms with Crippen LogP contribution in [0.4, 0.5) is 0 Å². The topological polar surface area (TPSA) is 132 Å². The molecule has 3 N–H and O–H groups in total. The average Bonchev–Trinajstić information content (AvgIpc) is 2.74. The van der Waals surface area contributed by atoms with Crippen LogP contribution in [0, 0.1) is 11.3 Å². The first kappa shape index (κ1) is 24.3. The fourth-order valence-corrected chi connectivity index (χ4v) is 4.68. The number of carbonyl (C=O) groups is 2. The van der Waals surface area contributed by atoms with E-state index in [1.165, 1.54) is 0 Å². The van der Waals surface area contributed by atoms with E-state index in [1.807, 2.05) is 6.07 Å². The van der Waals surface area contributed by atoms with Crippen molar-refractivity contribution in [1.82, 2.24) is 5.32 Å². The zero-order valence-corrected chi connectivity index (χ0v) is 18.4. The first-order chi connectivity index (χ1) is 14.8. The summed E-state index contributed by atoms with van der Waals surface area (Å²) in [7, 11) is -3.25. The highest BCUT2D eigenvalue weighted by Crippen LogP contribution is 2.51. The van der Waals surface area contributed by atoms with Gasteiger partial charge in [-0.2, -0.15) is 5.26 Å². The molecule has 8 nitrogen and oxygen atoms in total. The third-order valence-corrected chi connectivity index (χ3v) is 6.44. The van der Waals surface area contributed by atoms with E-state index in [2.05, 4.69) is 5.32 Å². The van der Waals surface area contributed by atoms with Gasteiger partial charge in [0, 0.05) is 12.0 Å². The summed E-state index contributed by atoms with van der Waals surface area (Å²) in [5, 5.41) is 11.6. The molecule has 0 aliphatic heterocycles. The van der Waals surface area contributed by atoms with E-state index in [1.54, 1.807) is 62.4 Å². The van der Waals surface area contributed by atoms with E-state index in [0.29, 0.717) is 22.3 Å². The minimum Gasteiger partial charge on any atom is -0.368 e. The lowest BCUT2D eigenvalue weighted by Gasteiger charge is -2.17. The lowest BCUT2D eigenvalue weighted by Crippen LogP contribution is -2.45. The second kappa shape index (κ2) is 11.4. The first-order valence-corrected chi connectivity index (χ1v) is 11.6. The number of nitrogens with zero attached hydrogens (tertiary/aromatic N) is 1. The van der Waals surface area contributed by atoms with Crippen LogP contribution in [0.15, 0.2) is 48.5 Å². The van der Waals surface area contributed by atoms with Gasteiger partial charge in [-0.3, -0.25) is 14.2 Å². The molecule has 0 saturated carbocycles. The predicted molar refractivity (Wildman–Crippen MR) is 116 cm³/mol. The van der Waals surface area contributed by atoms with Crippen molar-refractivity contribution in [1.29, 1.82) is 5.26 Å². The van der Waals surface area contributed by atoms with Crippen molar-refractivity contribution in [3.63, 3.8) is 0 Å². The Labute approximate surface area is 181 Å². The van der Waals surface area contributed by atoms with Gasteiger partial charge in [0.05, 0.1) is 31.0 Å². The molecule has 9 heteroatoms. The van der Waals surface area contributed by atoms with Crippen LogP contribution in [0.3, 0.4) is 0 Å². The Bertz CT molecular complexity index is 991. The second-order valence-electron chi connectivity index (χ2n) is 6.75. The third-order valence-electron chi connectivity index (χ3n) is 4.39. The normalized spacial score (nSPS) is 12.0. The molecule has 0 aliphatic rings. The van der Waals surface area contributed by atoms with Crippen molar-refractivity contribution in [2.24, 2.45) is 5.73 Å². The highest BCUT2D eigenvalue weighted by molar-refractivity contribution is 7.53. The molecule has 0 heterocycles. The molecule has 2 aromatic rings. The number of hydrogen-bond acceptors (Lipinski definition) is 6. The van der Waals surface area contributed by atoms with Crippen molar-refractivity contribution < 1.29 is 23.2 Å². The van der Waals surface area contributed by atoms with Crippen molar-refractivity contribution in [3.8, 4) is 6.07 Å². The van der Waals surface area contributed by atoms with Crippen LogP contribution in [0.5, 0.6) is 0 Å². The molecule has 31 heavy (non-hydrogen) atoms. The lowest BCUT2D eigenvalue weighted by atomic mass is 10.0. The highest BCUT2D eigenvalue weighted by atomic mass is 31.2. The lowest BCUT2D eigenvalue weighted by molar-refractivity contribution is -0.119. The maximum atomic E-state index is 12.6. The van der Waals surface area contributed by atoms with Crippen molar-refractivity contribution in [2.75, 3.05) is 13.2 Å². The predicted octanol–water partition coefficient (Wildman–Crippen LogP) is 3.15. The van der Waals surface area contributed by atoms with Crippen molar-refractivity contribution >= 4 is 19.4 Å². The third kappa shape index (κ3) is 7.34. The van der Waals surface area contributed by atoms with Gasteiger partial charge in [-0.25, -0.2) is 0 Å². The maximum absolute atomic E-state index is 12.6. The van der Waals surface area contributed by atoms with E-state index in [0.717, 1.165) is 0 Å². The molecule has 0 saturated heterocycles. The van der Waals surface area contributed by atoms with Crippen molar-refractivity contribution in [3.05, 3.63) is 70.8 Å². The van der Waals surface area contributed by atoms with Gasteiger partial charge in [0.15, 0.2) is 0 Å². The maximum Gasteiger partial charge on any atom is 0.335 e. The number of nitrogens with one attached hydrogen (secondary N) is 1. The SMILES string of the molecule is CCOP(=O)(Cc1ccc(C(=O)N[C@H](Cc2cccc(C#N)c2)C(N)=O)cc1)OCC. The van der Waals surface area contributed by atoms with E-state index < -0.39 is 25.5 Å². The van der Waals surface area contributed by atoms with E-state index >= 15 is 0 Å². The highest BCUT2D eigenvalue weighted by Gasteiger charge is 2.24. The Balaban J connectivity index is 2.08. The fourth-order valence-electron chi connectivity index (χ4n) is 2.97. The number of nitriles is 1. The van der Waals surface area contributed by atoms with Crippen LogP contribution in [0.2, 0.25) is 0 Å². The Morgan fingerprint density at radius 1 is 1.10 bits per heavy atom. The van der Waals surface area contributed by atoms with Crippen LogP contribution in [-0.2, 0) is 31.0 Å². The monoisotopic (exact) mass is 443 g/mol. The van der Waals surface area contributed by atoms with E-state index in [4.69, 9.17) is 20.0 Å². The van der Waals surface area contributed by atoms with Gasteiger partial charge in [-0.05, 0) is 49.2 Å². The van der Waals surface area contributed by atoms with Crippen LogP contribution >= 0.6 is 7.60 Å². The van der Waals surface area contributed by atoms with Gasteiger partial charge in [0.25, 0.3) is 5.91 Å². The Hall–Kier alpha value is -2.98. The van der Waals surface area contributed by atoms with Gasteiger partial charge in [0.2, 0.25) is 5.91 Å². The summed E-state index contributed by atoms with van der Waals surface area (Å²) < 4.78 is 23.2. The van der Waals surface area contributed by atoms with Gasteiger partial charge >= 0.3 is 7.60 Å². The number of benzene rings is 2. The summed E-state index contributed by atoms with van der Waals surface area (Å²) in [6, 6.07) is 14.3. The molecule has 0 unspecified atom stereocenters. The van der Waals surface area contributed by atoms with Crippen LogP contribution in [-0.4, -0.2) is 31.1 Å². The molecular formula is C22H26N3O5P. The van der Waals surface area contributed by atoms with Gasteiger partial charge < -0.3 is 20.1 Å². The van der Waals surface area contributed by atoms with E-state index in [-0.39, 0.29) is 25.8 Å². The number of amides is 2. The molecule has 0 aromatic heterocycles. The van der Waals surface area contributed by atoms with Crippen LogP contribution in [0.25, 0.3) is 0 Å². The Morgan fingerprint density at radius 3 is 2.29 bits per heavy atom. The molecule has 0 fully saturated rings. The molecule has 164 valence electrons. The summed E-state index contributed by atoms with van der Waals surface area (Å²) >= 11 is 0. The first-order valence-electron chi connectivity index (χ1n) is 9.86. The number of carbonyl (C=O) groups excluding carboxylic acids is 2. The number of primary amides is 1. The minimum absolute atomic E-state index is 0.0930. The molecule has 0 bridgehead atoms. The van der Waals surface area contributed by atoms with Gasteiger partial charge in [-0.1, -0.05) is 24.3 Å². The number of rotatable bonds is 11. The zero-order chi connectivity index (χ0) is 22.9. The molecule has 1 atom stereocenters. The summed E-state index contributed by atoms with van der Waals surface area (Å²) in [4.78, 5) is 24.4. The van der Waals surface area contributed by atoms with Crippen LogP contribution in [0.1, 0.15) is 40.9 Å². The molecular weight excluding hydrogens is 417 g/mol. The fraction of sp³-hybridized carbons (Fsp3) is 0.318. The molecule has 2 amide bonds. The van der Waals surface area contributed by atoms with Gasteiger partial charge in [-0.15, -0.1) is 0 Å². The summed E-state index contributed by atoms with van der Waals surface area (Å²) in [6.45, 7) is 4.02. The molecule has 2 rings (SSSR count). The van der Waals surface area contributed by atoms with Crippen LogP contribution < -0.4 is 11.1 Å². The standard InChI is InChI=1S/C22H26N3O5P/c1-3-29-31(28,30-4-2)15-16-8-10-19(11-9-16)22(27)25-20(21(24)26)13-17-6-5-7-18(12-17)14-23/h5-12,20H,3-4,13,15H2,1-2H3,(H2,24,26)(H,25,27)/t20-/m1/s1. The minimum atomic E-state index is -3.25.